The Morgan fingerprint density at radius 2 is 1.38 bits per heavy atom. The summed E-state index contributed by atoms with van der Waals surface area (Å²) in [7, 11) is 0. The molecule has 0 unspecified atom stereocenters. The zero-order valence-electron chi connectivity index (χ0n) is 27.2. The number of ether oxygens (including phenoxy) is 3. The molecule has 0 atom stereocenters. The molecule has 1 spiro atoms. The normalized spacial score (nSPS) is 15.9. The fraction of sp³-hybridized carbons (Fsp3) is 0.368. The average molecular weight is 642 g/mol. The molecule has 47 heavy (non-hydrogen) atoms. The Kier molecular flexibility index (Phi) is 9.34. The van der Waals surface area contributed by atoms with Gasteiger partial charge < -0.3 is 24.0 Å². The first-order chi connectivity index (χ1) is 22.6. The summed E-state index contributed by atoms with van der Waals surface area (Å²) in [5.41, 5.74) is 1.82. The summed E-state index contributed by atoms with van der Waals surface area (Å²) in [6.45, 7) is 8.62. The number of aromatic nitrogens is 1. The molecule has 3 heterocycles. The highest BCUT2D eigenvalue weighted by Crippen LogP contribution is 2.44. The number of rotatable bonds is 8. The van der Waals surface area contributed by atoms with Crippen molar-refractivity contribution in [2.75, 3.05) is 31.1 Å². The quantitative estimate of drug-likeness (QED) is 0.193. The van der Waals surface area contributed by atoms with Crippen LogP contribution in [0, 0.1) is 17.0 Å². The molecule has 0 N–H and O–H groups in total. The Balaban J connectivity index is 1.19. The van der Waals surface area contributed by atoms with Crippen molar-refractivity contribution in [2.45, 2.75) is 58.8 Å². The van der Waals surface area contributed by atoms with Gasteiger partial charge in [0.25, 0.3) is 0 Å². The zero-order chi connectivity index (χ0) is 33.0. The molecule has 0 aliphatic carbocycles. The van der Waals surface area contributed by atoms with Crippen LogP contribution >= 0.6 is 0 Å². The highest BCUT2D eigenvalue weighted by Gasteiger charge is 2.42. The van der Waals surface area contributed by atoms with Gasteiger partial charge in [-0.3, -0.25) is 0 Å². The number of carbonyl (C=O) groups is 1. The third-order valence-corrected chi connectivity index (χ3v) is 8.86. The van der Waals surface area contributed by atoms with Crippen LogP contribution in [0.25, 0.3) is 11.1 Å². The van der Waals surface area contributed by atoms with Crippen LogP contribution in [0.2, 0.25) is 0 Å². The lowest BCUT2D eigenvalue weighted by Gasteiger charge is -2.39. The van der Waals surface area contributed by atoms with Crippen molar-refractivity contribution in [2.24, 2.45) is 5.41 Å². The van der Waals surface area contributed by atoms with Crippen LogP contribution in [-0.2, 0) is 18.0 Å². The summed E-state index contributed by atoms with van der Waals surface area (Å²) < 4.78 is 49.4. The lowest BCUT2D eigenvalue weighted by molar-refractivity contribution is 0.0122. The lowest BCUT2D eigenvalue weighted by atomic mass is 9.78. The van der Waals surface area contributed by atoms with E-state index in [2.05, 4.69) is 4.98 Å². The maximum absolute atomic E-state index is 15.9. The van der Waals surface area contributed by atoms with Gasteiger partial charge in [-0.2, -0.15) is 4.98 Å². The maximum Gasteiger partial charge on any atom is 0.410 e. The van der Waals surface area contributed by atoms with E-state index in [1.54, 1.807) is 17.0 Å². The number of carbonyl (C=O) groups excluding carboxylic acids is 1. The predicted octanol–water partition coefficient (Wildman–Crippen LogP) is 8.41. The van der Waals surface area contributed by atoms with Crippen molar-refractivity contribution >= 4 is 11.8 Å². The molecule has 1 aromatic heterocycles. The standard InChI is InChI=1S/C38H41F2N3O4/c1-37(2,3)47-36(44)42-19-16-38(17-20-42)18-21-43(26-38)29-22-31(39)34(32(40)23-29)30-14-15-33(45-24-27-10-6-4-7-11-27)41-35(30)46-25-28-12-8-5-9-13-28/h4-15,22-23H,16-21,24-26H2,1-3H3. The van der Waals surface area contributed by atoms with Crippen LogP contribution in [-0.4, -0.2) is 47.8 Å². The van der Waals surface area contributed by atoms with Crippen molar-refractivity contribution in [3.63, 3.8) is 0 Å². The first-order valence-electron chi connectivity index (χ1n) is 16.1. The van der Waals surface area contributed by atoms with Crippen LogP contribution < -0.4 is 14.4 Å². The van der Waals surface area contributed by atoms with Gasteiger partial charge in [0.1, 0.15) is 30.4 Å². The first-order valence-corrected chi connectivity index (χ1v) is 16.1. The smallest absolute Gasteiger partial charge is 0.410 e. The van der Waals surface area contributed by atoms with E-state index in [0.717, 1.165) is 30.4 Å². The molecule has 2 aliphatic rings. The van der Waals surface area contributed by atoms with Gasteiger partial charge in [0.05, 0.1) is 11.1 Å². The number of benzene rings is 3. The van der Waals surface area contributed by atoms with E-state index >= 15 is 8.78 Å². The third-order valence-electron chi connectivity index (χ3n) is 8.86. The number of halogens is 2. The molecule has 6 rings (SSSR count). The van der Waals surface area contributed by atoms with E-state index in [9.17, 15) is 4.79 Å². The molecular weight excluding hydrogens is 600 g/mol. The summed E-state index contributed by atoms with van der Waals surface area (Å²) in [6.07, 6.45) is 2.24. The minimum atomic E-state index is -0.690. The summed E-state index contributed by atoms with van der Waals surface area (Å²) in [5, 5.41) is 0. The number of amides is 1. The van der Waals surface area contributed by atoms with Crippen LogP contribution in [0.3, 0.4) is 0 Å². The van der Waals surface area contributed by atoms with E-state index in [0.29, 0.717) is 38.5 Å². The molecule has 7 nitrogen and oxygen atoms in total. The maximum atomic E-state index is 15.9. The van der Waals surface area contributed by atoms with E-state index < -0.39 is 17.2 Å². The second kappa shape index (κ2) is 13.6. The largest absolute Gasteiger partial charge is 0.473 e. The Labute approximate surface area is 275 Å². The molecule has 2 fully saturated rings. The lowest BCUT2D eigenvalue weighted by Crippen LogP contribution is -2.46. The van der Waals surface area contributed by atoms with E-state index in [4.69, 9.17) is 14.2 Å². The minimum absolute atomic E-state index is 0.0118. The number of likely N-dealkylation sites (tertiary alicyclic amines) is 1. The van der Waals surface area contributed by atoms with Gasteiger partial charge in [-0.1, -0.05) is 60.7 Å². The number of nitrogens with zero attached hydrogens (tertiary/aromatic N) is 3. The third kappa shape index (κ3) is 7.84. The molecule has 0 bridgehead atoms. The second-order valence-electron chi connectivity index (χ2n) is 13.5. The van der Waals surface area contributed by atoms with Crippen molar-refractivity contribution in [3.05, 3.63) is 108 Å². The number of anilines is 1. The molecule has 0 saturated carbocycles. The van der Waals surface area contributed by atoms with Crippen molar-refractivity contribution in [1.29, 1.82) is 0 Å². The van der Waals surface area contributed by atoms with Crippen molar-refractivity contribution in [1.82, 2.24) is 9.88 Å². The second-order valence-corrected chi connectivity index (χ2v) is 13.5. The van der Waals surface area contributed by atoms with Crippen molar-refractivity contribution < 1.29 is 27.8 Å². The topological polar surface area (TPSA) is 64.1 Å². The van der Waals surface area contributed by atoms with Gasteiger partial charge in [0.2, 0.25) is 11.8 Å². The van der Waals surface area contributed by atoms with Crippen LogP contribution in [0.4, 0.5) is 19.3 Å². The minimum Gasteiger partial charge on any atom is -0.473 e. The van der Waals surface area contributed by atoms with Crippen LogP contribution in [0.5, 0.6) is 11.8 Å². The Morgan fingerprint density at radius 1 is 0.809 bits per heavy atom. The highest BCUT2D eigenvalue weighted by atomic mass is 19.1. The summed E-state index contributed by atoms with van der Waals surface area (Å²) in [5.74, 6) is -1.00. The zero-order valence-corrected chi connectivity index (χ0v) is 27.2. The van der Waals surface area contributed by atoms with E-state index in [-0.39, 0.29) is 41.0 Å². The Morgan fingerprint density at radius 3 is 1.98 bits per heavy atom. The molecule has 9 heteroatoms. The van der Waals surface area contributed by atoms with Gasteiger partial charge in [0.15, 0.2) is 0 Å². The van der Waals surface area contributed by atoms with Crippen LogP contribution in [0.15, 0.2) is 84.9 Å². The van der Waals surface area contributed by atoms with Gasteiger partial charge >= 0.3 is 6.09 Å². The molecule has 1 amide bonds. The summed E-state index contributed by atoms with van der Waals surface area (Å²) >= 11 is 0. The fourth-order valence-corrected chi connectivity index (χ4v) is 6.31. The van der Waals surface area contributed by atoms with Gasteiger partial charge in [-0.05, 0) is 74.8 Å². The molecule has 0 radical (unpaired) electrons. The average Bonchev–Trinajstić information content (AvgIpc) is 3.46. The van der Waals surface area contributed by atoms with Gasteiger partial charge in [-0.25, -0.2) is 13.6 Å². The highest BCUT2D eigenvalue weighted by molar-refractivity contribution is 5.73. The molecule has 2 aliphatic heterocycles. The van der Waals surface area contributed by atoms with Crippen molar-refractivity contribution in [3.8, 4) is 22.9 Å². The van der Waals surface area contributed by atoms with Crippen LogP contribution in [0.1, 0.15) is 51.2 Å². The number of pyridine rings is 1. The number of piperidine rings is 1. The Bertz CT molecular complexity index is 1660. The Hall–Kier alpha value is -4.66. The fourth-order valence-electron chi connectivity index (χ4n) is 6.31. The van der Waals surface area contributed by atoms with E-state index in [1.807, 2.05) is 86.3 Å². The molecule has 2 saturated heterocycles. The van der Waals surface area contributed by atoms with E-state index in [1.165, 1.54) is 12.1 Å². The monoisotopic (exact) mass is 641 g/mol. The molecule has 4 aromatic rings. The number of hydrogen-bond donors (Lipinski definition) is 0. The number of hydrogen-bond acceptors (Lipinski definition) is 6. The predicted molar refractivity (Wildman–Crippen MR) is 177 cm³/mol. The molecular formula is C38H41F2N3O4. The molecule has 3 aromatic carbocycles. The summed E-state index contributed by atoms with van der Waals surface area (Å²) in [6, 6.07) is 25.2. The first kappa shape index (κ1) is 32.3. The molecule has 246 valence electrons. The SMILES string of the molecule is CC(C)(C)OC(=O)N1CCC2(CC1)CCN(c1cc(F)c(-c3ccc(OCc4ccccc4)nc3OCc3ccccc3)c(F)c1)C2. The summed E-state index contributed by atoms with van der Waals surface area (Å²) in [4.78, 5) is 20.9. The van der Waals surface area contributed by atoms with Gasteiger partial charge in [0, 0.05) is 37.9 Å². The van der Waals surface area contributed by atoms with Gasteiger partial charge in [-0.15, -0.1) is 0 Å².